The minimum Gasteiger partial charge on any atom is -0.316 e. The van der Waals surface area contributed by atoms with Gasteiger partial charge in [0.05, 0.1) is 10.9 Å². The van der Waals surface area contributed by atoms with E-state index in [1.807, 2.05) is 13.8 Å². The van der Waals surface area contributed by atoms with Gasteiger partial charge < -0.3 is 5.32 Å². The van der Waals surface area contributed by atoms with Crippen molar-refractivity contribution < 1.29 is 8.42 Å². The molecule has 0 fully saturated rings. The fourth-order valence-electron chi connectivity index (χ4n) is 1.42. The van der Waals surface area contributed by atoms with Gasteiger partial charge in [-0.3, -0.25) is 4.72 Å². The lowest BCUT2D eigenvalue weighted by Crippen LogP contribution is -2.34. The smallest absolute Gasteiger partial charge is 0.236 e. The van der Waals surface area contributed by atoms with Crippen LogP contribution in [-0.4, -0.2) is 26.8 Å². The predicted octanol–water partition coefficient (Wildman–Crippen LogP) is 2.39. The molecule has 18 heavy (non-hydrogen) atoms. The zero-order valence-electron chi connectivity index (χ0n) is 10.8. The Morgan fingerprint density at radius 2 is 2.06 bits per heavy atom. The molecule has 0 aliphatic heterocycles. The molecule has 0 amide bonds. The summed E-state index contributed by atoms with van der Waals surface area (Å²) in [5, 5.41) is 3.03. The Kier molecular flexibility index (Phi) is 5.44. The van der Waals surface area contributed by atoms with Crippen LogP contribution in [-0.2, 0) is 10.0 Å². The number of aryl methyl sites for hydroxylation is 1. The van der Waals surface area contributed by atoms with Gasteiger partial charge in [-0.25, -0.2) is 8.42 Å². The fraction of sp³-hybridized carbons (Fsp3) is 0.500. The summed E-state index contributed by atoms with van der Waals surface area (Å²) in [5.74, 6) is 0. The molecule has 1 unspecified atom stereocenters. The SMILES string of the molecule is CCNCC(C)S(=O)(=O)Nc1cc(Cl)ccc1C. The average Bonchev–Trinajstić information content (AvgIpc) is 2.30. The molecule has 1 aromatic rings. The van der Waals surface area contributed by atoms with Crippen LogP contribution in [0.2, 0.25) is 5.02 Å². The molecular weight excluding hydrogens is 272 g/mol. The third-order valence-electron chi connectivity index (χ3n) is 2.66. The van der Waals surface area contributed by atoms with Crippen molar-refractivity contribution in [2.24, 2.45) is 0 Å². The maximum absolute atomic E-state index is 12.1. The van der Waals surface area contributed by atoms with Gasteiger partial charge in [-0.15, -0.1) is 0 Å². The Morgan fingerprint density at radius 1 is 1.39 bits per heavy atom. The second kappa shape index (κ2) is 6.41. The zero-order valence-corrected chi connectivity index (χ0v) is 12.4. The second-order valence-electron chi connectivity index (χ2n) is 4.22. The van der Waals surface area contributed by atoms with Crippen LogP contribution >= 0.6 is 11.6 Å². The number of sulfonamides is 1. The lowest BCUT2D eigenvalue weighted by atomic mass is 10.2. The van der Waals surface area contributed by atoms with Crippen molar-refractivity contribution in [2.75, 3.05) is 17.8 Å². The Morgan fingerprint density at radius 3 is 2.67 bits per heavy atom. The Bertz CT molecular complexity index is 503. The summed E-state index contributed by atoms with van der Waals surface area (Å²) >= 11 is 5.86. The van der Waals surface area contributed by atoms with Gasteiger partial charge in [0.2, 0.25) is 10.0 Å². The molecule has 6 heteroatoms. The summed E-state index contributed by atoms with van der Waals surface area (Å²) in [5.41, 5.74) is 1.38. The number of halogens is 1. The summed E-state index contributed by atoms with van der Waals surface area (Å²) in [7, 11) is -3.40. The molecule has 0 bridgehead atoms. The van der Waals surface area contributed by atoms with E-state index in [9.17, 15) is 8.42 Å². The summed E-state index contributed by atoms with van der Waals surface area (Å²) in [6.07, 6.45) is 0. The highest BCUT2D eigenvalue weighted by Gasteiger charge is 2.20. The van der Waals surface area contributed by atoms with Crippen molar-refractivity contribution in [3.8, 4) is 0 Å². The number of benzene rings is 1. The molecule has 0 spiro atoms. The number of nitrogens with one attached hydrogen (secondary N) is 2. The predicted molar refractivity (Wildman–Crippen MR) is 76.7 cm³/mol. The Labute approximate surface area is 114 Å². The summed E-state index contributed by atoms with van der Waals surface area (Å²) in [6.45, 7) is 6.61. The highest BCUT2D eigenvalue weighted by molar-refractivity contribution is 7.93. The first-order valence-corrected chi connectivity index (χ1v) is 7.77. The van der Waals surface area contributed by atoms with E-state index in [0.29, 0.717) is 17.3 Å². The molecule has 1 aromatic carbocycles. The van der Waals surface area contributed by atoms with Gasteiger partial charge in [0.15, 0.2) is 0 Å². The van der Waals surface area contributed by atoms with Gasteiger partial charge in [-0.2, -0.15) is 0 Å². The third-order valence-corrected chi connectivity index (χ3v) is 4.63. The normalized spacial score (nSPS) is 13.3. The lowest BCUT2D eigenvalue weighted by molar-refractivity contribution is 0.579. The van der Waals surface area contributed by atoms with E-state index >= 15 is 0 Å². The van der Waals surface area contributed by atoms with Crippen LogP contribution in [0, 0.1) is 6.92 Å². The summed E-state index contributed by atoms with van der Waals surface area (Å²) < 4.78 is 26.7. The number of anilines is 1. The average molecular weight is 291 g/mol. The fourth-order valence-corrected chi connectivity index (χ4v) is 2.65. The first kappa shape index (κ1) is 15.3. The van der Waals surface area contributed by atoms with Gasteiger partial charge in [0, 0.05) is 11.6 Å². The first-order valence-electron chi connectivity index (χ1n) is 5.85. The van der Waals surface area contributed by atoms with Crippen LogP contribution < -0.4 is 10.0 Å². The molecule has 0 heterocycles. The summed E-state index contributed by atoms with van der Waals surface area (Å²) in [4.78, 5) is 0. The summed E-state index contributed by atoms with van der Waals surface area (Å²) in [6, 6.07) is 5.14. The molecule has 1 atom stereocenters. The van der Waals surface area contributed by atoms with Crippen LogP contribution in [0.3, 0.4) is 0 Å². The molecule has 1 rings (SSSR count). The molecule has 102 valence electrons. The zero-order chi connectivity index (χ0) is 13.8. The quantitative estimate of drug-likeness (QED) is 0.846. The van der Waals surface area contributed by atoms with E-state index < -0.39 is 15.3 Å². The molecule has 2 N–H and O–H groups in total. The van der Waals surface area contributed by atoms with Gasteiger partial charge in [-0.1, -0.05) is 24.6 Å². The van der Waals surface area contributed by atoms with E-state index in [-0.39, 0.29) is 0 Å². The standard InChI is InChI=1S/C12H19ClN2O2S/c1-4-14-8-10(3)18(16,17)15-12-7-11(13)6-5-9(12)2/h5-7,10,14-15H,4,8H2,1-3H3. The monoisotopic (exact) mass is 290 g/mol. The van der Waals surface area contributed by atoms with Crippen LogP contribution in [0.1, 0.15) is 19.4 Å². The van der Waals surface area contributed by atoms with Gasteiger partial charge >= 0.3 is 0 Å². The second-order valence-corrected chi connectivity index (χ2v) is 6.76. The molecule has 0 aliphatic carbocycles. The lowest BCUT2D eigenvalue weighted by Gasteiger charge is -2.16. The van der Waals surface area contributed by atoms with Crippen molar-refractivity contribution in [1.82, 2.24) is 5.32 Å². The minimum absolute atomic E-state index is 0.422. The Hall–Kier alpha value is -0.780. The number of hydrogen-bond donors (Lipinski definition) is 2. The Balaban J connectivity index is 2.85. The van der Waals surface area contributed by atoms with Crippen LogP contribution in [0.5, 0.6) is 0 Å². The minimum atomic E-state index is -3.40. The maximum Gasteiger partial charge on any atom is 0.236 e. The van der Waals surface area contributed by atoms with Crippen molar-refractivity contribution >= 4 is 27.3 Å². The molecule has 0 aliphatic rings. The molecule has 0 saturated heterocycles. The molecule has 4 nitrogen and oxygen atoms in total. The van der Waals surface area contributed by atoms with E-state index in [2.05, 4.69) is 10.0 Å². The number of hydrogen-bond acceptors (Lipinski definition) is 3. The van der Waals surface area contributed by atoms with E-state index in [4.69, 9.17) is 11.6 Å². The maximum atomic E-state index is 12.1. The van der Waals surface area contributed by atoms with E-state index in [0.717, 1.165) is 12.1 Å². The molecule has 0 saturated carbocycles. The highest BCUT2D eigenvalue weighted by Crippen LogP contribution is 2.22. The van der Waals surface area contributed by atoms with E-state index in [1.165, 1.54) is 0 Å². The van der Waals surface area contributed by atoms with Crippen LogP contribution in [0.4, 0.5) is 5.69 Å². The third kappa shape index (κ3) is 4.15. The number of rotatable bonds is 6. The van der Waals surface area contributed by atoms with Gasteiger partial charge in [0.1, 0.15) is 0 Å². The molecule has 0 aromatic heterocycles. The van der Waals surface area contributed by atoms with Crippen LogP contribution in [0.15, 0.2) is 18.2 Å². The first-order chi connectivity index (χ1) is 8.36. The molecular formula is C12H19ClN2O2S. The van der Waals surface area contributed by atoms with Gasteiger partial charge in [-0.05, 0) is 38.1 Å². The van der Waals surface area contributed by atoms with Crippen LogP contribution in [0.25, 0.3) is 0 Å². The van der Waals surface area contributed by atoms with Crippen molar-refractivity contribution in [3.63, 3.8) is 0 Å². The topological polar surface area (TPSA) is 58.2 Å². The molecule has 0 radical (unpaired) electrons. The van der Waals surface area contributed by atoms with Crippen molar-refractivity contribution in [3.05, 3.63) is 28.8 Å². The largest absolute Gasteiger partial charge is 0.316 e. The highest BCUT2D eigenvalue weighted by atomic mass is 35.5. The van der Waals surface area contributed by atoms with Gasteiger partial charge in [0.25, 0.3) is 0 Å². The van der Waals surface area contributed by atoms with Crippen molar-refractivity contribution in [2.45, 2.75) is 26.0 Å². The van der Waals surface area contributed by atoms with E-state index in [1.54, 1.807) is 25.1 Å². The van der Waals surface area contributed by atoms with Crippen molar-refractivity contribution in [1.29, 1.82) is 0 Å².